The fourth-order valence-corrected chi connectivity index (χ4v) is 1.27. The molecule has 0 aromatic rings. The Morgan fingerprint density at radius 2 is 1.50 bits per heavy atom. The molecule has 0 aromatic heterocycles. The Bertz CT molecular complexity index is 70.1. The van der Waals surface area contributed by atoms with Crippen molar-refractivity contribution in [2.75, 3.05) is 0 Å². The second kappa shape index (κ2) is 9.09. The van der Waals surface area contributed by atoms with E-state index >= 15 is 0 Å². The van der Waals surface area contributed by atoms with Gasteiger partial charge in [-0.2, -0.15) is 0 Å². The number of hydrogen-bond acceptors (Lipinski definition) is 0. The van der Waals surface area contributed by atoms with Crippen LogP contribution in [0.15, 0.2) is 0 Å². The first-order chi connectivity index (χ1) is 5.85. The summed E-state index contributed by atoms with van der Waals surface area (Å²) in [5, 5.41) is 0. The van der Waals surface area contributed by atoms with Crippen LogP contribution < -0.4 is 0 Å². The lowest BCUT2D eigenvalue weighted by molar-refractivity contribution is 0.289. The topological polar surface area (TPSA) is 0 Å². The van der Waals surface area contributed by atoms with Crippen molar-refractivity contribution >= 4 is 0 Å². The molecule has 1 aliphatic rings. The first kappa shape index (κ1) is 12.0. The SMILES string of the molecule is CCCC.CCCCC1CCC1. The van der Waals surface area contributed by atoms with Gasteiger partial charge in [-0.25, -0.2) is 0 Å². The molecule has 1 rings (SSSR count). The third-order valence-electron chi connectivity index (χ3n) is 2.69. The Hall–Kier alpha value is 0. The maximum absolute atomic E-state index is 2.28. The van der Waals surface area contributed by atoms with Gasteiger partial charge in [0.2, 0.25) is 0 Å². The molecule has 0 nitrogen and oxygen atoms in total. The van der Waals surface area contributed by atoms with Crippen molar-refractivity contribution < 1.29 is 0 Å². The van der Waals surface area contributed by atoms with E-state index in [0.29, 0.717) is 0 Å². The van der Waals surface area contributed by atoms with E-state index in [2.05, 4.69) is 20.8 Å². The predicted octanol–water partition coefficient (Wildman–Crippen LogP) is 4.78. The Labute approximate surface area is 78.8 Å². The van der Waals surface area contributed by atoms with Crippen LogP contribution in [0.1, 0.15) is 72.1 Å². The molecule has 0 saturated heterocycles. The van der Waals surface area contributed by atoms with E-state index in [4.69, 9.17) is 0 Å². The monoisotopic (exact) mass is 170 g/mol. The highest BCUT2D eigenvalue weighted by molar-refractivity contribution is 4.68. The van der Waals surface area contributed by atoms with Gasteiger partial charge in [0.05, 0.1) is 0 Å². The fraction of sp³-hybridized carbons (Fsp3) is 1.00. The molecule has 1 fully saturated rings. The van der Waals surface area contributed by atoms with Crippen LogP contribution in [-0.4, -0.2) is 0 Å². The Kier molecular flexibility index (Phi) is 9.09. The van der Waals surface area contributed by atoms with E-state index < -0.39 is 0 Å². The second-order valence-electron chi connectivity index (χ2n) is 3.94. The quantitative estimate of drug-likeness (QED) is 0.569. The van der Waals surface area contributed by atoms with Gasteiger partial charge in [0, 0.05) is 0 Å². The second-order valence-corrected chi connectivity index (χ2v) is 3.94. The van der Waals surface area contributed by atoms with Crippen LogP contribution in [-0.2, 0) is 0 Å². The first-order valence-corrected chi connectivity index (χ1v) is 5.85. The number of unbranched alkanes of at least 4 members (excludes halogenated alkanes) is 2. The van der Waals surface area contributed by atoms with Gasteiger partial charge in [0.1, 0.15) is 0 Å². The van der Waals surface area contributed by atoms with E-state index in [0.717, 1.165) is 5.92 Å². The highest BCUT2D eigenvalue weighted by atomic mass is 14.2. The van der Waals surface area contributed by atoms with Crippen molar-refractivity contribution in [2.45, 2.75) is 72.1 Å². The van der Waals surface area contributed by atoms with Crippen LogP contribution in [0, 0.1) is 5.92 Å². The minimum Gasteiger partial charge on any atom is -0.0654 e. The molecule has 0 bridgehead atoms. The molecule has 0 spiro atoms. The zero-order valence-electron chi connectivity index (χ0n) is 9.23. The summed E-state index contributed by atoms with van der Waals surface area (Å²) >= 11 is 0. The standard InChI is InChI=1S/C8H16.C4H10/c1-2-3-5-8-6-4-7-8;1-3-4-2/h8H,2-7H2,1H3;3-4H2,1-2H3. The van der Waals surface area contributed by atoms with Crippen molar-refractivity contribution in [3.05, 3.63) is 0 Å². The smallest absolute Gasteiger partial charge is 0.0414 e. The largest absolute Gasteiger partial charge is 0.0654 e. The van der Waals surface area contributed by atoms with Crippen molar-refractivity contribution in [3.8, 4) is 0 Å². The summed E-state index contributed by atoms with van der Waals surface area (Å²) in [6.45, 7) is 6.64. The third kappa shape index (κ3) is 6.69. The Morgan fingerprint density at radius 3 is 1.75 bits per heavy atom. The molecule has 12 heavy (non-hydrogen) atoms. The summed E-state index contributed by atoms with van der Waals surface area (Å²) in [7, 11) is 0. The average Bonchev–Trinajstić information content (AvgIpc) is 2.03. The van der Waals surface area contributed by atoms with Crippen molar-refractivity contribution in [2.24, 2.45) is 5.92 Å². The molecule has 0 aliphatic heterocycles. The van der Waals surface area contributed by atoms with Crippen LogP contribution in [0.3, 0.4) is 0 Å². The van der Waals surface area contributed by atoms with Crippen LogP contribution in [0.5, 0.6) is 0 Å². The summed E-state index contributed by atoms with van der Waals surface area (Å²) in [5.74, 6) is 1.13. The third-order valence-corrected chi connectivity index (χ3v) is 2.69. The van der Waals surface area contributed by atoms with E-state index in [-0.39, 0.29) is 0 Å². The summed E-state index contributed by atoms with van der Waals surface area (Å²) < 4.78 is 0. The van der Waals surface area contributed by atoms with Crippen LogP contribution in [0.4, 0.5) is 0 Å². The molecule has 1 saturated carbocycles. The molecule has 0 N–H and O–H groups in total. The van der Waals surface area contributed by atoms with Gasteiger partial charge >= 0.3 is 0 Å². The maximum Gasteiger partial charge on any atom is -0.0414 e. The Morgan fingerprint density at radius 1 is 0.917 bits per heavy atom. The highest BCUT2D eigenvalue weighted by Crippen LogP contribution is 2.30. The molecule has 0 amide bonds. The maximum atomic E-state index is 2.28. The lowest BCUT2D eigenvalue weighted by Crippen LogP contribution is -2.09. The molecule has 0 heteroatoms. The summed E-state index contributed by atoms with van der Waals surface area (Å²) in [4.78, 5) is 0. The lowest BCUT2D eigenvalue weighted by Gasteiger charge is -2.24. The van der Waals surface area contributed by atoms with Gasteiger partial charge in [-0.1, -0.05) is 72.1 Å². The molecule has 1 aliphatic carbocycles. The summed E-state index contributed by atoms with van der Waals surface area (Å²) in [6, 6.07) is 0. The highest BCUT2D eigenvalue weighted by Gasteiger charge is 2.15. The van der Waals surface area contributed by atoms with Gasteiger partial charge in [-0.3, -0.25) is 0 Å². The number of hydrogen-bond donors (Lipinski definition) is 0. The predicted molar refractivity (Wildman–Crippen MR) is 57.4 cm³/mol. The van der Waals surface area contributed by atoms with E-state index in [9.17, 15) is 0 Å². The van der Waals surface area contributed by atoms with Gasteiger partial charge in [0.15, 0.2) is 0 Å². The molecule has 0 unspecified atom stereocenters. The van der Waals surface area contributed by atoms with Gasteiger partial charge in [-0.05, 0) is 5.92 Å². The van der Waals surface area contributed by atoms with Gasteiger partial charge < -0.3 is 0 Å². The molecule has 74 valence electrons. The van der Waals surface area contributed by atoms with Crippen LogP contribution >= 0.6 is 0 Å². The van der Waals surface area contributed by atoms with E-state index in [1.807, 2.05) is 0 Å². The first-order valence-electron chi connectivity index (χ1n) is 5.85. The Balaban J connectivity index is 0.000000261. The molecule has 0 aromatic carbocycles. The van der Waals surface area contributed by atoms with Crippen molar-refractivity contribution in [3.63, 3.8) is 0 Å². The lowest BCUT2D eigenvalue weighted by atomic mass is 9.82. The zero-order valence-corrected chi connectivity index (χ0v) is 9.23. The zero-order chi connectivity index (χ0) is 9.23. The van der Waals surface area contributed by atoms with Gasteiger partial charge in [-0.15, -0.1) is 0 Å². The molecule has 0 heterocycles. The number of rotatable bonds is 4. The molecular formula is C12H26. The van der Waals surface area contributed by atoms with E-state index in [1.165, 1.54) is 51.4 Å². The molecule has 0 radical (unpaired) electrons. The molecular weight excluding hydrogens is 144 g/mol. The summed E-state index contributed by atoms with van der Waals surface area (Å²) in [6.07, 6.45) is 11.6. The van der Waals surface area contributed by atoms with Crippen molar-refractivity contribution in [1.29, 1.82) is 0 Å². The fourth-order valence-electron chi connectivity index (χ4n) is 1.27. The van der Waals surface area contributed by atoms with Crippen LogP contribution in [0.2, 0.25) is 0 Å². The van der Waals surface area contributed by atoms with E-state index in [1.54, 1.807) is 0 Å². The van der Waals surface area contributed by atoms with Crippen LogP contribution in [0.25, 0.3) is 0 Å². The minimum atomic E-state index is 1.13. The molecule has 0 atom stereocenters. The van der Waals surface area contributed by atoms with Gasteiger partial charge in [0.25, 0.3) is 0 Å². The normalized spacial score (nSPS) is 16.2. The summed E-state index contributed by atoms with van der Waals surface area (Å²) in [5.41, 5.74) is 0. The average molecular weight is 170 g/mol. The van der Waals surface area contributed by atoms with Crippen molar-refractivity contribution in [1.82, 2.24) is 0 Å². The minimum absolute atomic E-state index is 1.13.